The summed E-state index contributed by atoms with van der Waals surface area (Å²) in [5, 5.41) is 10.8. The summed E-state index contributed by atoms with van der Waals surface area (Å²) in [5.41, 5.74) is 2.94. The summed E-state index contributed by atoms with van der Waals surface area (Å²) >= 11 is 2.95. The number of hydrazone groups is 1. The molecule has 1 aliphatic rings. The summed E-state index contributed by atoms with van der Waals surface area (Å²) in [6, 6.07) is 0.545. The van der Waals surface area contributed by atoms with Crippen molar-refractivity contribution < 1.29 is 0 Å². The van der Waals surface area contributed by atoms with Crippen LogP contribution in [-0.2, 0) is 0 Å². The Morgan fingerprint density at radius 2 is 2.50 bits per heavy atom. The molecule has 2 atom stereocenters. The maximum atomic E-state index is 6.94. The third-order valence-corrected chi connectivity index (χ3v) is 1.73. The predicted octanol–water partition coefficient (Wildman–Crippen LogP) is 1.34. The van der Waals surface area contributed by atoms with Gasteiger partial charge in [-0.05, 0) is 28.3 Å². The van der Waals surface area contributed by atoms with Crippen molar-refractivity contribution in [3.63, 3.8) is 0 Å². The predicted molar refractivity (Wildman–Crippen MR) is 45.9 cm³/mol. The molecular formula is C6H10BrN3. The molecule has 0 spiro atoms. The molecule has 0 aliphatic heterocycles. The molecule has 1 aliphatic carbocycles. The van der Waals surface area contributed by atoms with Crippen molar-refractivity contribution >= 4 is 26.8 Å². The van der Waals surface area contributed by atoms with Crippen LogP contribution in [0, 0.1) is 11.3 Å². The van der Waals surface area contributed by atoms with Crippen LogP contribution >= 0.6 is 15.9 Å². The van der Waals surface area contributed by atoms with Crippen molar-refractivity contribution in [1.82, 2.24) is 5.43 Å². The Morgan fingerprint density at radius 1 is 1.90 bits per heavy atom. The van der Waals surface area contributed by atoms with Crippen molar-refractivity contribution in [1.29, 1.82) is 5.41 Å². The summed E-state index contributed by atoms with van der Waals surface area (Å²) in [6.07, 6.45) is 2.65. The topological polar surface area (TPSA) is 48.2 Å². The average Bonchev–Trinajstić information content (AvgIpc) is 2.46. The van der Waals surface area contributed by atoms with E-state index >= 15 is 0 Å². The molecule has 0 aromatic rings. The monoisotopic (exact) mass is 203 g/mol. The van der Waals surface area contributed by atoms with Crippen LogP contribution in [-0.4, -0.2) is 16.9 Å². The first-order valence-electron chi connectivity index (χ1n) is 3.23. The standard InChI is InChI=1S/C6H10BrN3/c1-4-2-5(4)10-9-3-6(7)8/h3-5,8,10H,2H2,1H3/b8-6?,9-3-. The van der Waals surface area contributed by atoms with Gasteiger partial charge >= 0.3 is 0 Å². The van der Waals surface area contributed by atoms with E-state index in [1.165, 1.54) is 12.6 Å². The zero-order chi connectivity index (χ0) is 7.56. The molecule has 4 heteroatoms. The van der Waals surface area contributed by atoms with Gasteiger partial charge in [-0.25, -0.2) is 0 Å². The Bertz CT molecular complexity index is 166. The highest BCUT2D eigenvalue weighted by Gasteiger charge is 2.31. The van der Waals surface area contributed by atoms with E-state index in [-0.39, 0.29) is 0 Å². The molecule has 0 aromatic heterocycles. The van der Waals surface area contributed by atoms with E-state index in [0.29, 0.717) is 10.7 Å². The van der Waals surface area contributed by atoms with Gasteiger partial charge in [-0.3, -0.25) is 5.41 Å². The number of nitrogens with zero attached hydrogens (tertiary/aromatic N) is 1. The Balaban J connectivity index is 2.11. The maximum Gasteiger partial charge on any atom is 0.117 e. The van der Waals surface area contributed by atoms with Crippen molar-refractivity contribution in [2.75, 3.05) is 0 Å². The van der Waals surface area contributed by atoms with Gasteiger partial charge in [0.25, 0.3) is 0 Å². The number of halogens is 1. The normalized spacial score (nSPS) is 30.6. The molecule has 0 amide bonds. The van der Waals surface area contributed by atoms with Crippen molar-refractivity contribution in [2.24, 2.45) is 11.0 Å². The maximum absolute atomic E-state index is 6.94. The molecule has 2 unspecified atom stereocenters. The highest BCUT2D eigenvalue weighted by atomic mass is 79.9. The van der Waals surface area contributed by atoms with Crippen LogP contribution in [0.5, 0.6) is 0 Å². The molecule has 56 valence electrons. The second kappa shape index (κ2) is 3.14. The van der Waals surface area contributed by atoms with Gasteiger partial charge in [-0.15, -0.1) is 0 Å². The molecule has 2 N–H and O–H groups in total. The molecule has 1 rings (SSSR count). The van der Waals surface area contributed by atoms with Gasteiger partial charge in [0.15, 0.2) is 0 Å². The van der Waals surface area contributed by atoms with E-state index in [1.807, 2.05) is 0 Å². The Labute approximate surface area is 68.5 Å². The largest absolute Gasteiger partial charge is 0.307 e. The zero-order valence-corrected chi connectivity index (χ0v) is 7.35. The van der Waals surface area contributed by atoms with Gasteiger partial charge in [0.05, 0.1) is 6.21 Å². The second-order valence-corrected chi connectivity index (χ2v) is 3.41. The Kier molecular flexibility index (Phi) is 2.43. The molecule has 0 aromatic carbocycles. The van der Waals surface area contributed by atoms with E-state index < -0.39 is 0 Å². The molecule has 10 heavy (non-hydrogen) atoms. The van der Waals surface area contributed by atoms with Crippen LogP contribution in [0.4, 0.5) is 0 Å². The van der Waals surface area contributed by atoms with Gasteiger partial charge in [-0.1, -0.05) is 6.92 Å². The second-order valence-electron chi connectivity index (χ2n) is 2.55. The minimum absolute atomic E-state index is 0.299. The van der Waals surface area contributed by atoms with E-state index in [4.69, 9.17) is 5.41 Å². The third-order valence-electron chi connectivity index (χ3n) is 1.53. The molecule has 0 saturated heterocycles. The van der Waals surface area contributed by atoms with Crippen molar-refractivity contribution in [2.45, 2.75) is 19.4 Å². The van der Waals surface area contributed by atoms with Crippen molar-refractivity contribution in [3.8, 4) is 0 Å². The molecule has 1 saturated carbocycles. The SMILES string of the molecule is CC1CC1N/N=C\C(=N)Br. The number of hydrogen-bond donors (Lipinski definition) is 2. The van der Waals surface area contributed by atoms with Gasteiger partial charge < -0.3 is 5.43 Å². The summed E-state index contributed by atoms with van der Waals surface area (Å²) in [7, 11) is 0. The lowest BCUT2D eigenvalue weighted by Gasteiger charge is -1.92. The Hall–Kier alpha value is -0.380. The number of nitrogens with one attached hydrogen (secondary N) is 2. The third kappa shape index (κ3) is 2.47. The molecule has 1 fully saturated rings. The smallest absolute Gasteiger partial charge is 0.117 e. The average molecular weight is 204 g/mol. The fourth-order valence-corrected chi connectivity index (χ4v) is 0.794. The summed E-state index contributed by atoms with van der Waals surface area (Å²) in [5.74, 6) is 0.752. The lowest BCUT2D eigenvalue weighted by atomic mass is 10.5. The quantitative estimate of drug-likeness (QED) is 0.528. The molecular weight excluding hydrogens is 194 g/mol. The molecule has 3 nitrogen and oxygen atoms in total. The lowest BCUT2D eigenvalue weighted by Crippen LogP contribution is -2.10. The molecule has 0 radical (unpaired) electrons. The first-order chi connectivity index (χ1) is 4.70. The van der Waals surface area contributed by atoms with Crippen LogP contribution in [0.3, 0.4) is 0 Å². The Morgan fingerprint density at radius 3 is 2.90 bits per heavy atom. The van der Waals surface area contributed by atoms with Crippen LogP contribution in [0.15, 0.2) is 5.10 Å². The molecule has 0 bridgehead atoms. The van der Waals surface area contributed by atoms with Crippen LogP contribution in [0.1, 0.15) is 13.3 Å². The van der Waals surface area contributed by atoms with Crippen LogP contribution in [0.2, 0.25) is 0 Å². The minimum Gasteiger partial charge on any atom is -0.307 e. The first kappa shape index (κ1) is 7.72. The van der Waals surface area contributed by atoms with Gasteiger partial charge in [-0.2, -0.15) is 5.10 Å². The van der Waals surface area contributed by atoms with E-state index in [9.17, 15) is 0 Å². The molecule has 0 heterocycles. The highest BCUT2D eigenvalue weighted by molar-refractivity contribution is 9.19. The highest BCUT2D eigenvalue weighted by Crippen LogP contribution is 2.28. The summed E-state index contributed by atoms with van der Waals surface area (Å²) in [4.78, 5) is 0. The van der Waals surface area contributed by atoms with E-state index in [0.717, 1.165) is 5.92 Å². The van der Waals surface area contributed by atoms with Gasteiger partial charge in [0.2, 0.25) is 0 Å². The van der Waals surface area contributed by atoms with Crippen LogP contribution < -0.4 is 5.43 Å². The fourth-order valence-electron chi connectivity index (χ4n) is 0.692. The van der Waals surface area contributed by atoms with Gasteiger partial charge in [0.1, 0.15) is 4.62 Å². The van der Waals surface area contributed by atoms with E-state index in [2.05, 4.69) is 33.4 Å². The van der Waals surface area contributed by atoms with Crippen LogP contribution in [0.25, 0.3) is 0 Å². The lowest BCUT2D eigenvalue weighted by molar-refractivity contribution is 0.696. The summed E-state index contributed by atoms with van der Waals surface area (Å²) in [6.45, 7) is 2.17. The minimum atomic E-state index is 0.299. The van der Waals surface area contributed by atoms with Crippen molar-refractivity contribution in [3.05, 3.63) is 0 Å². The van der Waals surface area contributed by atoms with Gasteiger partial charge in [0, 0.05) is 6.04 Å². The number of rotatable bonds is 3. The summed E-state index contributed by atoms with van der Waals surface area (Å²) < 4.78 is 0.299. The zero-order valence-electron chi connectivity index (χ0n) is 5.76. The first-order valence-corrected chi connectivity index (χ1v) is 4.02. The fraction of sp³-hybridized carbons (Fsp3) is 0.667. The van der Waals surface area contributed by atoms with E-state index in [1.54, 1.807) is 0 Å². The number of hydrogen-bond acceptors (Lipinski definition) is 3.